The number of phosphoric ester groups is 1. The van der Waals surface area contributed by atoms with Gasteiger partial charge in [0.25, 0.3) is 11.2 Å². The molecule has 1 saturated heterocycles. The van der Waals surface area contributed by atoms with Gasteiger partial charge in [-0.2, -0.15) is 18.7 Å². The van der Waals surface area contributed by atoms with Gasteiger partial charge in [0, 0.05) is 49.9 Å². The lowest BCUT2D eigenvalue weighted by atomic mass is 10.1. The van der Waals surface area contributed by atoms with E-state index < -0.39 is 59.0 Å². The van der Waals surface area contributed by atoms with Gasteiger partial charge >= 0.3 is 23.5 Å². The number of benzene rings is 3. The lowest BCUT2D eigenvalue weighted by molar-refractivity contribution is -0.384. The zero-order valence-electron chi connectivity index (χ0n) is 38.6. The Morgan fingerprint density at radius 3 is 2.42 bits per heavy atom. The number of hydrogen-bond donors (Lipinski definition) is 8. The zero-order valence-corrected chi connectivity index (χ0v) is 41.3. The van der Waals surface area contributed by atoms with E-state index in [1.807, 2.05) is 19.1 Å². The molecule has 72 heavy (non-hydrogen) atoms. The van der Waals surface area contributed by atoms with Gasteiger partial charge in [-0.15, -0.1) is 15.3 Å². The number of nitrogen functional groups attached to an aromatic ring is 1. The second-order valence-corrected chi connectivity index (χ2v) is 20.1. The summed E-state index contributed by atoms with van der Waals surface area (Å²) in [6, 6.07) is 15.4. The first kappa shape index (κ1) is 54.8. The number of fused-ring (bicyclic) bond motifs is 1. The highest BCUT2D eigenvalue weighted by molar-refractivity contribution is 7.66. The van der Waals surface area contributed by atoms with E-state index in [1.54, 1.807) is 44.2 Å². The van der Waals surface area contributed by atoms with Crippen molar-refractivity contribution in [3.8, 4) is 17.6 Å². The number of azo groups is 2. The van der Waals surface area contributed by atoms with Crippen LogP contribution in [0.2, 0.25) is 0 Å². The molecule has 0 radical (unpaired) electrons. The number of nitro groups is 1. The number of nitrogens with zero attached hydrogens (tertiary/aromatic N) is 8. The van der Waals surface area contributed by atoms with Gasteiger partial charge in [0.2, 0.25) is 11.9 Å². The normalized spacial score (nSPS) is 17.7. The van der Waals surface area contributed by atoms with E-state index in [1.165, 1.54) is 30.0 Å². The Bertz CT molecular complexity index is 3170. The van der Waals surface area contributed by atoms with E-state index in [4.69, 9.17) is 25.0 Å². The summed E-state index contributed by atoms with van der Waals surface area (Å²) >= 11 is 0. The number of rotatable bonds is 21. The highest BCUT2D eigenvalue weighted by atomic mass is 31.3. The van der Waals surface area contributed by atoms with Crippen molar-refractivity contribution in [2.75, 3.05) is 44.0 Å². The fourth-order valence-electron chi connectivity index (χ4n) is 7.09. The Labute approximate surface area is 408 Å². The number of phosphoric acid groups is 3. The Balaban J connectivity index is 1.01. The average Bonchev–Trinajstić information content (AvgIpc) is 3.86. The number of nitro benzene ring substituents is 1. The highest BCUT2D eigenvalue weighted by Gasteiger charge is 2.43. The molecule has 28 nitrogen and oxygen atoms in total. The number of carbonyl (C=O) groups excluding carboxylic acids is 1. The summed E-state index contributed by atoms with van der Waals surface area (Å²) in [7, 11) is -15.4. The van der Waals surface area contributed by atoms with Gasteiger partial charge in [0.1, 0.15) is 23.8 Å². The molecule has 31 heteroatoms. The maximum Gasteiger partial charge on any atom is 0.490 e. The molecular weight excluding hydrogens is 1010 g/mol. The maximum absolute atomic E-state index is 13.0. The molecule has 1 aliphatic rings. The van der Waals surface area contributed by atoms with Gasteiger partial charge in [-0.25, -0.2) is 13.7 Å². The van der Waals surface area contributed by atoms with Gasteiger partial charge in [0.05, 0.1) is 53.6 Å². The molecule has 1 aliphatic heterocycles. The monoisotopic (exact) mass is 1060 g/mol. The molecule has 0 bridgehead atoms. The second-order valence-electron chi connectivity index (χ2n) is 15.7. The number of ether oxygens (including phenoxy) is 2. The number of nitrogens with one attached hydrogen (secondary N) is 2. The zero-order chi connectivity index (χ0) is 52.5. The van der Waals surface area contributed by atoms with E-state index in [9.17, 15) is 48.3 Å². The van der Waals surface area contributed by atoms with Gasteiger partial charge in [-0.05, 0) is 74.7 Å². The van der Waals surface area contributed by atoms with Crippen LogP contribution in [-0.2, 0) is 36.4 Å². The topological polar surface area (TPSA) is 400 Å². The molecular formula is C41H48N11O17P3. The number of aromatic nitrogens is 3. The van der Waals surface area contributed by atoms with Crippen LogP contribution in [0.1, 0.15) is 49.1 Å². The van der Waals surface area contributed by atoms with Gasteiger partial charge in [-0.1, -0.05) is 17.9 Å². The van der Waals surface area contributed by atoms with Crippen LogP contribution in [0, 0.1) is 35.8 Å². The SMILES string of the molecule is CCN(CCCC(=O)NCC#Cc1cn([C@H]2C[C@H](O)[C@@H](COP(=O)(O)OP(=O)(O)OP(=O)(O)O)O2)c2nc(N)[nH]c(=O)c12)c1ccc(N=Nc2cc(C)c(N=Nc3ccc(C)cc3[N+](=O)[O-])cc2OC)cc1. The van der Waals surface area contributed by atoms with Crippen molar-refractivity contribution in [2.45, 2.75) is 58.5 Å². The van der Waals surface area contributed by atoms with E-state index >= 15 is 0 Å². The van der Waals surface area contributed by atoms with Crippen LogP contribution in [0.15, 0.2) is 86.0 Å². The van der Waals surface area contributed by atoms with E-state index in [2.05, 4.69) is 65.6 Å². The standard InChI is InChI=1S/C41H48N11O17P3/c1-5-50(28-13-11-27(12-14-28)46-49-31-19-25(3)30(20-34(31)65-4)48-47-29-15-10-24(2)18-32(29)52(56)57)17-7-9-36(54)43-16-6-8-26-22-51(39-38(26)40(55)45-41(42)44-39)37-21-33(53)35(67-37)23-66-71(61,62)69-72(63,64)68-70(58,59)60/h10-15,18-20,22,33,35,37,53H,5,7,9,16-17,21,23H2,1-4H3,(H,43,54)(H,61,62)(H,63,64)(H2,58,59,60)(H3,42,44,45,55)/t33-,35+,37+/m0/s1. The molecule has 5 atom stereocenters. The van der Waals surface area contributed by atoms with Gasteiger partial charge in [0.15, 0.2) is 11.3 Å². The number of amides is 1. The maximum atomic E-state index is 13.0. The fraction of sp³-hybridized carbons (Fsp3) is 0.341. The number of hydrogen-bond acceptors (Lipinski definition) is 20. The summed E-state index contributed by atoms with van der Waals surface area (Å²) in [5.41, 5.74) is 8.95. The van der Waals surface area contributed by atoms with Crippen molar-refractivity contribution in [1.29, 1.82) is 0 Å². The molecule has 5 aromatic rings. The summed E-state index contributed by atoms with van der Waals surface area (Å²) in [6.45, 7) is 5.69. The van der Waals surface area contributed by atoms with Crippen molar-refractivity contribution >= 4 is 80.5 Å². The quantitative estimate of drug-likeness (QED) is 0.0129. The molecule has 1 amide bonds. The second kappa shape index (κ2) is 23.3. The van der Waals surface area contributed by atoms with Gasteiger partial charge < -0.3 is 54.7 Å². The summed E-state index contributed by atoms with van der Waals surface area (Å²) in [4.78, 5) is 82.1. The summed E-state index contributed by atoms with van der Waals surface area (Å²) in [5, 5.41) is 42.0. The molecule has 2 aromatic heterocycles. The third kappa shape index (κ3) is 14.8. The van der Waals surface area contributed by atoms with Crippen LogP contribution in [0.3, 0.4) is 0 Å². The number of aliphatic hydroxyl groups excluding tert-OH is 1. The number of aromatic amines is 1. The number of methoxy groups -OCH3 is 1. The summed E-state index contributed by atoms with van der Waals surface area (Å²) < 4.78 is 59.4. The van der Waals surface area contributed by atoms with E-state index in [-0.39, 0.29) is 59.2 Å². The van der Waals surface area contributed by atoms with Gasteiger partial charge in [-0.3, -0.25) is 29.2 Å². The Morgan fingerprint density at radius 1 is 1.03 bits per heavy atom. The molecule has 3 heterocycles. The predicted octanol–water partition coefficient (Wildman–Crippen LogP) is 6.44. The third-order valence-electron chi connectivity index (χ3n) is 10.4. The van der Waals surface area contributed by atoms with Crippen LogP contribution >= 0.6 is 23.5 Å². The number of carbonyl (C=O) groups is 1. The van der Waals surface area contributed by atoms with Crippen LogP contribution in [0.25, 0.3) is 11.0 Å². The lowest BCUT2D eigenvalue weighted by Crippen LogP contribution is -2.27. The van der Waals surface area contributed by atoms with Crippen LogP contribution in [0.4, 0.5) is 40.1 Å². The minimum absolute atomic E-state index is 0.00761. The molecule has 0 spiro atoms. The first-order valence-electron chi connectivity index (χ1n) is 21.3. The smallest absolute Gasteiger partial charge is 0.490 e. The van der Waals surface area contributed by atoms with Crippen molar-refractivity contribution < 1.29 is 70.7 Å². The Hall–Kier alpha value is -6.56. The number of aryl methyl sites for hydroxylation is 2. The van der Waals surface area contributed by atoms with Crippen LogP contribution in [-0.4, -0.2) is 95.6 Å². The van der Waals surface area contributed by atoms with Crippen molar-refractivity contribution in [2.24, 2.45) is 20.5 Å². The Morgan fingerprint density at radius 2 is 1.74 bits per heavy atom. The molecule has 1 fully saturated rings. The van der Waals surface area contributed by atoms with Crippen molar-refractivity contribution in [3.05, 3.63) is 98.0 Å². The largest absolute Gasteiger partial charge is 0.494 e. The minimum Gasteiger partial charge on any atom is -0.494 e. The number of nitrogens with two attached hydrogens (primary N) is 1. The fourth-order valence-corrected chi connectivity index (χ4v) is 10.1. The highest BCUT2D eigenvalue weighted by Crippen LogP contribution is 2.66. The molecule has 0 aliphatic carbocycles. The van der Waals surface area contributed by atoms with Crippen molar-refractivity contribution in [1.82, 2.24) is 19.9 Å². The summed E-state index contributed by atoms with van der Waals surface area (Å²) in [5.74, 6) is 5.44. The molecule has 9 N–H and O–H groups in total. The summed E-state index contributed by atoms with van der Waals surface area (Å²) in [6.07, 6.45) is -2.00. The Kier molecular flexibility index (Phi) is 17.7. The molecule has 2 unspecified atom stereocenters. The molecule has 6 rings (SSSR count). The van der Waals surface area contributed by atoms with E-state index in [0.717, 1.165) is 11.3 Å². The third-order valence-corrected chi connectivity index (χ3v) is 14.2. The van der Waals surface area contributed by atoms with Crippen LogP contribution in [0.5, 0.6) is 5.75 Å². The molecule has 0 saturated carbocycles. The lowest BCUT2D eigenvalue weighted by Gasteiger charge is -2.23. The number of aliphatic hydroxyl groups is 1. The molecule has 384 valence electrons. The first-order chi connectivity index (χ1) is 33.9. The minimum atomic E-state index is -5.78. The van der Waals surface area contributed by atoms with Crippen molar-refractivity contribution in [3.63, 3.8) is 0 Å². The number of H-pyrrole nitrogens is 1. The predicted molar refractivity (Wildman–Crippen MR) is 256 cm³/mol. The van der Waals surface area contributed by atoms with E-state index in [0.29, 0.717) is 47.9 Å². The molecule has 3 aromatic carbocycles. The average molecular weight is 1060 g/mol. The number of anilines is 2. The van der Waals surface area contributed by atoms with Crippen LogP contribution < -0.4 is 26.2 Å². The first-order valence-corrected chi connectivity index (χ1v) is 25.9.